The Morgan fingerprint density at radius 2 is 1.65 bits per heavy atom. The van der Waals surface area contributed by atoms with Crippen LogP contribution in [0.15, 0.2) is 36.4 Å². The Morgan fingerprint density at radius 1 is 1.04 bits per heavy atom. The van der Waals surface area contributed by atoms with Gasteiger partial charge in [-0.25, -0.2) is 0 Å². The summed E-state index contributed by atoms with van der Waals surface area (Å²) in [6.45, 7) is 1.88. The van der Waals surface area contributed by atoms with E-state index in [1.165, 1.54) is 12.1 Å². The summed E-state index contributed by atoms with van der Waals surface area (Å²) in [5.41, 5.74) is -2.83. The van der Waals surface area contributed by atoms with Gasteiger partial charge in [-0.05, 0) is 35.7 Å². The number of hydrogen-bond acceptors (Lipinski definition) is 4. The molecule has 122 valence electrons. The summed E-state index contributed by atoms with van der Waals surface area (Å²) in [6.07, 6.45) is 0.539. The summed E-state index contributed by atoms with van der Waals surface area (Å²) in [6, 6.07) is 9.44. The van der Waals surface area contributed by atoms with Crippen molar-refractivity contribution in [3.8, 4) is 17.2 Å². The van der Waals surface area contributed by atoms with Gasteiger partial charge in [0.1, 0.15) is 17.2 Å². The maximum atomic E-state index is 12.4. The molecule has 1 aliphatic rings. The van der Waals surface area contributed by atoms with E-state index < -0.39 is 21.4 Å². The van der Waals surface area contributed by atoms with Crippen LogP contribution in [0.1, 0.15) is 16.7 Å². The highest BCUT2D eigenvalue weighted by Gasteiger charge is 2.48. The van der Waals surface area contributed by atoms with Crippen molar-refractivity contribution in [1.82, 2.24) is 0 Å². The quantitative estimate of drug-likeness (QED) is 0.522. The minimum Gasteiger partial charge on any atom is -0.457 e. The number of hydrogen-bond donors (Lipinski definition) is 0. The molecule has 8 heteroatoms. The standard InChI is InChI=1S/C15H11F3O4S/c1-9-2-3-10-7-11-4-5-12(8-14(11)21-13(10)6-9)22-23(19,20)15(16,17)18/h2-6,8H,7H2,1H3. The molecule has 23 heavy (non-hydrogen) atoms. The largest absolute Gasteiger partial charge is 0.534 e. The fraction of sp³-hybridized carbons (Fsp3) is 0.200. The first kappa shape index (κ1) is 15.7. The van der Waals surface area contributed by atoms with Crippen molar-refractivity contribution in [2.24, 2.45) is 0 Å². The average Bonchev–Trinajstić information content (AvgIpc) is 2.43. The zero-order chi connectivity index (χ0) is 16.8. The fourth-order valence-corrected chi connectivity index (χ4v) is 2.68. The summed E-state index contributed by atoms with van der Waals surface area (Å²) in [7, 11) is -5.70. The van der Waals surface area contributed by atoms with Crippen molar-refractivity contribution in [3.63, 3.8) is 0 Å². The lowest BCUT2D eigenvalue weighted by Gasteiger charge is -2.21. The van der Waals surface area contributed by atoms with Crippen LogP contribution in [0.4, 0.5) is 13.2 Å². The van der Waals surface area contributed by atoms with E-state index >= 15 is 0 Å². The number of aryl methyl sites for hydroxylation is 1. The van der Waals surface area contributed by atoms with Crippen LogP contribution < -0.4 is 8.92 Å². The molecule has 2 aromatic rings. The van der Waals surface area contributed by atoms with Crippen LogP contribution in [0, 0.1) is 6.92 Å². The van der Waals surface area contributed by atoms with E-state index in [1.54, 1.807) is 6.07 Å². The molecule has 0 N–H and O–H groups in total. The smallest absolute Gasteiger partial charge is 0.457 e. The lowest BCUT2D eigenvalue weighted by atomic mass is 9.99. The van der Waals surface area contributed by atoms with Gasteiger partial charge in [0.2, 0.25) is 0 Å². The first-order valence-electron chi connectivity index (χ1n) is 6.57. The van der Waals surface area contributed by atoms with Crippen LogP contribution in [0.3, 0.4) is 0 Å². The average molecular weight is 344 g/mol. The lowest BCUT2D eigenvalue weighted by Crippen LogP contribution is -2.28. The lowest BCUT2D eigenvalue weighted by molar-refractivity contribution is -0.0500. The molecule has 0 fully saturated rings. The Morgan fingerprint density at radius 3 is 2.30 bits per heavy atom. The second-order valence-electron chi connectivity index (χ2n) is 5.14. The van der Waals surface area contributed by atoms with Crippen molar-refractivity contribution in [3.05, 3.63) is 53.1 Å². The third-order valence-corrected chi connectivity index (χ3v) is 4.33. The highest BCUT2D eigenvalue weighted by molar-refractivity contribution is 7.88. The molecular weight excluding hydrogens is 333 g/mol. The van der Waals surface area contributed by atoms with Crippen LogP contribution in [0.5, 0.6) is 17.2 Å². The second-order valence-corrected chi connectivity index (χ2v) is 6.68. The Bertz CT molecular complexity index is 873. The zero-order valence-corrected chi connectivity index (χ0v) is 12.7. The van der Waals surface area contributed by atoms with Crippen molar-refractivity contribution in [1.29, 1.82) is 0 Å². The van der Waals surface area contributed by atoms with E-state index in [1.807, 2.05) is 19.1 Å². The summed E-state index contributed by atoms with van der Waals surface area (Å²) >= 11 is 0. The Hall–Kier alpha value is -2.22. The van der Waals surface area contributed by atoms with Gasteiger partial charge >= 0.3 is 15.6 Å². The molecule has 0 spiro atoms. The SMILES string of the molecule is Cc1ccc2c(c1)Oc1cc(OS(=O)(=O)C(F)(F)F)ccc1C2. The maximum absolute atomic E-state index is 12.4. The molecule has 0 bridgehead atoms. The normalized spacial score (nSPS) is 13.7. The molecule has 2 aromatic carbocycles. The number of fused-ring (bicyclic) bond motifs is 2. The van der Waals surface area contributed by atoms with Gasteiger partial charge in [0.05, 0.1) is 0 Å². The van der Waals surface area contributed by atoms with Gasteiger partial charge in [-0.1, -0.05) is 18.2 Å². The number of ether oxygens (including phenoxy) is 1. The third kappa shape index (κ3) is 2.98. The maximum Gasteiger partial charge on any atom is 0.534 e. The molecular formula is C15H11F3O4S. The van der Waals surface area contributed by atoms with E-state index in [9.17, 15) is 21.6 Å². The topological polar surface area (TPSA) is 52.6 Å². The predicted molar refractivity (Wildman–Crippen MR) is 76.1 cm³/mol. The molecule has 0 aromatic heterocycles. The van der Waals surface area contributed by atoms with E-state index in [-0.39, 0.29) is 5.75 Å². The predicted octanol–water partition coefficient (Wildman–Crippen LogP) is 3.92. The molecule has 4 nitrogen and oxygen atoms in total. The Labute approximate surface area is 130 Å². The third-order valence-electron chi connectivity index (χ3n) is 3.35. The van der Waals surface area contributed by atoms with Crippen LogP contribution in [0.25, 0.3) is 0 Å². The minimum absolute atomic E-state index is 0.276. The summed E-state index contributed by atoms with van der Waals surface area (Å²) in [5.74, 6) is 0.420. The first-order chi connectivity index (χ1) is 10.7. The number of rotatable bonds is 2. The van der Waals surface area contributed by atoms with Gasteiger partial charge in [0.25, 0.3) is 0 Å². The highest BCUT2D eigenvalue weighted by Crippen LogP contribution is 2.39. The van der Waals surface area contributed by atoms with Crippen molar-refractivity contribution >= 4 is 10.1 Å². The van der Waals surface area contributed by atoms with Crippen molar-refractivity contribution in [2.45, 2.75) is 18.9 Å². The molecule has 0 saturated heterocycles. The highest BCUT2D eigenvalue weighted by atomic mass is 32.2. The minimum atomic E-state index is -5.70. The summed E-state index contributed by atoms with van der Waals surface area (Å²) in [5, 5.41) is 0. The first-order valence-corrected chi connectivity index (χ1v) is 7.97. The molecule has 3 rings (SSSR count). The van der Waals surface area contributed by atoms with Gasteiger partial charge in [-0.15, -0.1) is 0 Å². The van der Waals surface area contributed by atoms with Gasteiger partial charge in [0.15, 0.2) is 0 Å². The van der Waals surface area contributed by atoms with Crippen LogP contribution in [-0.4, -0.2) is 13.9 Å². The molecule has 0 unspecified atom stereocenters. The molecule has 0 saturated carbocycles. The van der Waals surface area contributed by atoms with E-state index in [2.05, 4.69) is 4.18 Å². The molecule has 1 heterocycles. The number of benzene rings is 2. The van der Waals surface area contributed by atoms with Gasteiger partial charge in [-0.3, -0.25) is 0 Å². The van der Waals surface area contributed by atoms with E-state index in [0.29, 0.717) is 12.2 Å². The van der Waals surface area contributed by atoms with Gasteiger partial charge in [-0.2, -0.15) is 21.6 Å². The zero-order valence-electron chi connectivity index (χ0n) is 11.8. The van der Waals surface area contributed by atoms with Gasteiger partial charge in [0, 0.05) is 12.5 Å². The number of halogens is 3. The fourth-order valence-electron chi connectivity index (χ4n) is 2.23. The molecule has 0 aliphatic carbocycles. The molecule has 0 amide bonds. The second kappa shape index (κ2) is 5.16. The molecule has 0 radical (unpaired) electrons. The van der Waals surface area contributed by atoms with Crippen LogP contribution in [0.2, 0.25) is 0 Å². The van der Waals surface area contributed by atoms with Crippen LogP contribution >= 0.6 is 0 Å². The van der Waals surface area contributed by atoms with Crippen molar-refractivity contribution < 1.29 is 30.5 Å². The molecule has 0 atom stereocenters. The monoisotopic (exact) mass is 344 g/mol. The Kier molecular flexibility index (Phi) is 3.51. The summed E-state index contributed by atoms with van der Waals surface area (Å²) < 4.78 is 68.9. The van der Waals surface area contributed by atoms with Crippen molar-refractivity contribution in [2.75, 3.05) is 0 Å². The van der Waals surface area contributed by atoms with E-state index in [4.69, 9.17) is 4.74 Å². The van der Waals surface area contributed by atoms with Crippen LogP contribution in [-0.2, 0) is 16.5 Å². The Balaban J connectivity index is 1.92. The number of alkyl halides is 3. The molecule has 1 aliphatic heterocycles. The van der Waals surface area contributed by atoms with E-state index in [0.717, 1.165) is 22.8 Å². The summed E-state index contributed by atoms with van der Waals surface area (Å²) in [4.78, 5) is 0. The van der Waals surface area contributed by atoms with Gasteiger partial charge < -0.3 is 8.92 Å².